The number of hydrogen-bond acceptors (Lipinski definition) is 2. The van der Waals surface area contributed by atoms with Gasteiger partial charge in [-0.15, -0.1) is 0 Å². The van der Waals surface area contributed by atoms with Crippen LogP contribution in [0, 0.1) is 0 Å². The molecule has 0 amide bonds. The molecule has 0 saturated carbocycles. The number of benzene rings is 2. The van der Waals surface area contributed by atoms with Gasteiger partial charge in [-0.1, -0.05) is 61.7 Å². The lowest BCUT2D eigenvalue weighted by atomic mass is 10.2. The molecule has 21 heavy (non-hydrogen) atoms. The molecule has 0 saturated heterocycles. The minimum Gasteiger partial charge on any atom is -0.493 e. The highest BCUT2D eigenvalue weighted by Gasteiger charge is 2.01. The number of hydrogen-bond donors (Lipinski definition) is 0. The summed E-state index contributed by atoms with van der Waals surface area (Å²) in [6.45, 7) is 8.79. The van der Waals surface area contributed by atoms with Crippen LogP contribution in [0.15, 0.2) is 61.7 Å². The summed E-state index contributed by atoms with van der Waals surface area (Å²) in [6.07, 6.45) is 4.41. The first-order valence-corrected chi connectivity index (χ1v) is 7.03. The Morgan fingerprint density at radius 1 is 0.714 bits per heavy atom. The Balaban J connectivity index is 1.77. The third-order valence-electron chi connectivity index (χ3n) is 3.08. The van der Waals surface area contributed by atoms with Gasteiger partial charge in [0.05, 0.1) is 13.2 Å². The summed E-state index contributed by atoms with van der Waals surface area (Å²) in [5, 5.41) is 0. The van der Waals surface area contributed by atoms with Crippen molar-refractivity contribution < 1.29 is 9.47 Å². The molecule has 0 unspecified atom stereocenters. The molecule has 0 aliphatic rings. The minimum absolute atomic E-state index is 0.612. The van der Waals surface area contributed by atoms with E-state index in [1.165, 1.54) is 0 Å². The van der Waals surface area contributed by atoms with Gasteiger partial charge in [-0.3, -0.25) is 0 Å². The maximum atomic E-state index is 5.75. The minimum atomic E-state index is 0.612. The smallest absolute Gasteiger partial charge is 0.126 e. The summed E-state index contributed by atoms with van der Waals surface area (Å²) in [6, 6.07) is 15.7. The van der Waals surface area contributed by atoms with Crippen molar-refractivity contribution in [2.24, 2.45) is 0 Å². The van der Waals surface area contributed by atoms with Crippen LogP contribution in [0.1, 0.15) is 17.5 Å². The Morgan fingerprint density at radius 3 is 1.57 bits per heavy atom. The standard InChI is InChI=1S/C19H20O2/c1-3-16-10-5-7-12-18(16)20-14-9-15-21-19-13-8-6-11-17(19)4-2/h3-8,10-13H,1-2,9,14-15H2. The fraction of sp³-hybridized carbons (Fsp3) is 0.158. The Bertz CT molecular complexity index is 549. The van der Waals surface area contributed by atoms with Gasteiger partial charge in [0.25, 0.3) is 0 Å². The molecule has 2 rings (SSSR count). The summed E-state index contributed by atoms with van der Waals surface area (Å²) in [5.74, 6) is 1.72. The Labute approximate surface area is 126 Å². The van der Waals surface area contributed by atoms with Gasteiger partial charge in [-0.05, 0) is 12.1 Å². The van der Waals surface area contributed by atoms with Crippen molar-refractivity contribution in [1.82, 2.24) is 0 Å². The molecule has 0 atom stereocenters. The Kier molecular flexibility index (Phi) is 5.65. The zero-order chi connectivity index (χ0) is 14.9. The van der Waals surface area contributed by atoms with Crippen molar-refractivity contribution in [1.29, 1.82) is 0 Å². The van der Waals surface area contributed by atoms with Gasteiger partial charge < -0.3 is 9.47 Å². The van der Waals surface area contributed by atoms with E-state index in [0.29, 0.717) is 13.2 Å². The van der Waals surface area contributed by atoms with E-state index in [-0.39, 0.29) is 0 Å². The highest BCUT2D eigenvalue weighted by Crippen LogP contribution is 2.20. The molecule has 0 aliphatic carbocycles. The molecule has 0 heterocycles. The van der Waals surface area contributed by atoms with Crippen molar-refractivity contribution in [3.63, 3.8) is 0 Å². The first kappa shape index (κ1) is 14.9. The van der Waals surface area contributed by atoms with Crippen LogP contribution in [0.4, 0.5) is 0 Å². The van der Waals surface area contributed by atoms with Gasteiger partial charge in [0.2, 0.25) is 0 Å². The lowest BCUT2D eigenvalue weighted by Gasteiger charge is -2.11. The molecular weight excluding hydrogens is 260 g/mol. The van der Waals surface area contributed by atoms with E-state index in [2.05, 4.69) is 13.2 Å². The molecule has 2 aromatic rings. The van der Waals surface area contributed by atoms with Gasteiger partial charge >= 0.3 is 0 Å². The molecule has 0 N–H and O–H groups in total. The predicted octanol–water partition coefficient (Wildman–Crippen LogP) is 4.82. The van der Waals surface area contributed by atoms with Crippen molar-refractivity contribution in [2.75, 3.05) is 13.2 Å². The highest BCUT2D eigenvalue weighted by atomic mass is 16.5. The van der Waals surface area contributed by atoms with E-state index < -0.39 is 0 Å². The van der Waals surface area contributed by atoms with Crippen LogP contribution < -0.4 is 9.47 Å². The third kappa shape index (κ3) is 4.25. The number of para-hydroxylation sites is 2. The van der Waals surface area contributed by atoms with Crippen LogP contribution >= 0.6 is 0 Å². The molecule has 0 aromatic heterocycles. The topological polar surface area (TPSA) is 18.5 Å². The monoisotopic (exact) mass is 280 g/mol. The van der Waals surface area contributed by atoms with Crippen LogP contribution in [-0.2, 0) is 0 Å². The largest absolute Gasteiger partial charge is 0.493 e. The lowest BCUT2D eigenvalue weighted by molar-refractivity contribution is 0.247. The Morgan fingerprint density at radius 2 is 1.14 bits per heavy atom. The maximum absolute atomic E-state index is 5.75. The van der Waals surface area contributed by atoms with E-state index in [4.69, 9.17) is 9.47 Å². The van der Waals surface area contributed by atoms with Crippen molar-refractivity contribution in [3.8, 4) is 11.5 Å². The van der Waals surface area contributed by atoms with Crippen molar-refractivity contribution in [3.05, 3.63) is 72.8 Å². The molecule has 0 fully saturated rings. The normalized spacial score (nSPS) is 9.90. The van der Waals surface area contributed by atoms with E-state index in [0.717, 1.165) is 29.0 Å². The van der Waals surface area contributed by atoms with Crippen LogP contribution in [0.5, 0.6) is 11.5 Å². The number of ether oxygens (including phenoxy) is 2. The SMILES string of the molecule is C=Cc1ccccc1OCCCOc1ccccc1C=C. The molecule has 0 bridgehead atoms. The van der Waals surface area contributed by atoms with Gasteiger partial charge in [-0.2, -0.15) is 0 Å². The second-order valence-electron chi connectivity index (χ2n) is 4.53. The molecule has 2 aromatic carbocycles. The molecule has 2 nitrogen and oxygen atoms in total. The summed E-state index contributed by atoms with van der Waals surface area (Å²) >= 11 is 0. The van der Waals surface area contributed by atoms with E-state index >= 15 is 0 Å². The first-order chi connectivity index (χ1) is 10.3. The average molecular weight is 280 g/mol. The van der Waals surface area contributed by atoms with E-state index in [9.17, 15) is 0 Å². The van der Waals surface area contributed by atoms with E-state index in [1.54, 1.807) is 12.2 Å². The van der Waals surface area contributed by atoms with Gasteiger partial charge in [0.1, 0.15) is 11.5 Å². The first-order valence-electron chi connectivity index (χ1n) is 7.03. The summed E-state index contributed by atoms with van der Waals surface area (Å²) in [7, 11) is 0. The molecule has 0 radical (unpaired) electrons. The van der Waals surface area contributed by atoms with Crippen LogP contribution in [-0.4, -0.2) is 13.2 Å². The van der Waals surface area contributed by atoms with Gasteiger partial charge in [0.15, 0.2) is 0 Å². The molecule has 0 spiro atoms. The molecule has 0 aliphatic heterocycles. The zero-order valence-corrected chi connectivity index (χ0v) is 12.1. The van der Waals surface area contributed by atoms with Crippen molar-refractivity contribution in [2.45, 2.75) is 6.42 Å². The average Bonchev–Trinajstić information content (AvgIpc) is 2.55. The fourth-order valence-corrected chi connectivity index (χ4v) is 1.98. The second kappa shape index (κ2) is 7.95. The van der Waals surface area contributed by atoms with Gasteiger partial charge in [0, 0.05) is 17.5 Å². The molecular formula is C19H20O2. The summed E-state index contributed by atoms with van der Waals surface area (Å²) in [4.78, 5) is 0. The maximum Gasteiger partial charge on any atom is 0.126 e. The number of rotatable bonds is 8. The fourth-order valence-electron chi connectivity index (χ4n) is 1.98. The quantitative estimate of drug-likeness (QED) is 0.645. The molecule has 2 heteroatoms. The van der Waals surface area contributed by atoms with Crippen LogP contribution in [0.2, 0.25) is 0 Å². The predicted molar refractivity (Wildman–Crippen MR) is 88.7 cm³/mol. The van der Waals surface area contributed by atoms with E-state index in [1.807, 2.05) is 48.5 Å². The third-order valence-corrected chi connectivity index (χ3v) is 3.08. The second-order valence-corrected chi connectivity index (χ2v) is 4.53. The summed E-state index contributed by atoms with van der Waals surface area (Å²) < 4.78 is 11.5. The Hall–Kier alpha value is -2.48. The molecule has 108 valence electrons. The van der Waals surface area contributed by atoms with Crippen LogP contribution in [0.25, 0.3) is 12.2 Å². The van der Waals surface area contributed by atoms with Crippen molar-refractivity contribution >= 4 is 12.2 Å². The van der Waals surface area contributed by atoms with Crippen LogP contribution in [0.3, 0.4) is 0 Å². The lowest BCUT2D eigenvalue weighted by Crippen LogP contribution is -2.06. The summed E-state index contributed by atoms with van der Waals surface area (Å²) in [5.41, 5.74) is 2.02. The van der Waals surface area contributed by atoms with Gasteiger partial charge in [-0.25, -0.2) is 0 Å². The zero-order valence-electron chi connectivity index (χ0n) is 12.1. The highest BCUT2D eigenvalue weighted by molar-refractivity contribution is 5.55.